The lowest BCUT2D eigenvalue weighted by Crippen LogP contribution is -2.28. The van der Waals surface area contributed by atoms with Crippen molar-refractivity contribution >= 4 is 5.91 Å². The molecule has 0 fully saturated rings. The molecule has 0 aliphatic rings. The first-order valence-corrected chi connectivity index (χ1v) is 5.64. The van der Waals surface area contributed by atoms with Crippen molar-refractivity contribution in [2.24, 2.45) is 0 Å². The highest BCUT2D eigenvalue weighted by Gasteiger charge is 2.12. The standard InChI is InChI=1S/C13H17N3O/c1-10(2)11-5-6-12(15-9-11)13(17)16(3)8-4-7-14/h5-6,9-10H,4,8H2,1-3H3. The second kappa shape index (κ2) is 6.00. The van der Waals surface area contributed by atoms with E-state index in [1.54, 1.807) is 19.3 Å². The summed E-state index contributed by atoms with van der Waals surface area (Å²) in [6, 6.07) is 5.67. The van der Waals surface area contributed by atoms with Gasteiger partial charge in [-0.2, -0.15) is 5.26 Å². The van der Waals surface area contributed by atoms with Gasteiger partial charge in [-0.05, 0) is 17.5 Å². The van der Waals surface area contributed by atoms with Crippen LogP contribution >= 0.6 is 0 Å². The van der Waals surface area contributed by atoms with Crippen molar-refractivity contribution in [3.8, 4) is 6.07 Å². The van der Waals surface area contributed by atoms with Crippen LogP contribution in [-0.2, 0) is 0 Å². The molecule has 1 amide bonds. The molecule has 0 saturated heterocycles. The zero-order valence-corrected chi connectivity index (χ0v) is 10.5. The molecular weight excluding hydrogens is 214 g/mol. The lowest BCUT2D eigenvalue weighted by molar-refractivity contribution is 0.0792. The van der Waals surface area contributed by atoms with Crippen molar-refractivity contribution in [2.45, 2.75) is 26.2 Å². The highest BCUT2D eigenvalue weighted by molar-refractivity contribution is 5.92. The van der Waals surface area contributed by atoms with Gasteiger partial charge in [0.2, 0.25) is 0 Å². The Hall–Kier alpha value is -1.89. The third kappa shape index (κ3) is 3.56. The number of carbonyl (C=O) groups is 1. The first-order valence-electron chi connectivity index (χ1n) is 5.64. The van der Waals surface area contributed by atoms with Crippen LogP contribution < -0.4 is 0 Å². The van der Waals surface area contributed by atoms with Gasteiger partial charge in [-0.1, -0.05) is 19.9 Å². The molecule has 4 heteroatoms. The molecule has 1 heterocycles. The van der Waals surface area contributed by atoms with E-state index in [0.717, 1.165) is 5.56 Å². The van der Waals surface area contributed by atoms with Crippen LogP contribution in [0.25, 0.3) is 0 Å². The largest absolute Gasteiger partial charge is 0.339 e. The molecule has 0 aliphatic heterocycles. The van der Waals surface area contributed by atoms with Gasteiger partial charge < -0.3 is 4.90 Å². The molecule has 0 aliphatic carbocycles. The summed E-state index contributed by atoms with van der Waals surface area (Å²) in [5.41, 5.74) is 1.54. The van der Waals surface area contributed by atoms with Crippen LogP contribution in [0.4, 0.5) is 0 Å². The van der Waals surface area contributed by atoms with Crippen molar-refractivity contribution in [1.29, 1.82) is 5.26 Å². The second-order valence-corrected chi connectivity index (χ2v) is 4.27. The number of hydrogen-bond acceptors (Lipinski definition) is 3. The zero-order valence-electron chi connectivity index (χ0n) is 10.5. The number of nitriles is 1. The van der Waals surface area contributed by atoms with Crippen molar-refractivity contribution in [2.75, 3.05) is 13.6 Å². The van der Waals surface area contributed by atoms with Gasteiger partial charge in [0.05, 0.1) is 12.5 Å². The van der Waals surface area contributed by atoms with Crippen LogP contribution in [0.3, 0.4) is 0 Å². The van der Waals surface area contributed by atoms with Crippen molar-refractivity contribution in [3.63, 3.8) is 0 Å². The Labute approximate surface area is 102 Å². The van der Waals surface area contributed by atoms with E-state index in [9.17, 15) is 4.79 Å². The van der Waals surface area contributed by atoms with E-state index in [-0.39, 0.29) is 5.91 Å². The Bertz CT molecular complexity index is 417. The molecule has 0 bridgehead atoms. The Morgan fingerprint density at radius 3 is 2.71 bits per heavy atom. The van der Waals surface area contributed by atoms with E-state index >= 15 is 0 Å². The van der Waals surface area contributed by atoms with E-state index in [1.165, 1.54) is 4.90 Å². The highest BCUT2D eigenvalue weighted by atomic mass is 16.2. The molecule has 1 aromatic rings. The number of amides is 1. The summed E-state index contributed by atoms with van der Waals surface area (Å²) in [5, 5.41) is 8.46. The van der Waals surface area contributed by atoms with Gasteiger partial charge in [0.1, 0.15) is 5.69 Å². The average molecular weight is 231 g/mol. The van der Waals surface area contributed by atoms with Crippen molar-refractivity contribution < 1.29 is 4.79 Å². The Morgan fingerprint density at radius 2 is 2.24 bits per heavy atom. The minimum Gasteiger partial charge on any atom is -0.339 e. The van der Waals surface area contributed by atoms with Crippen molar-refractivity contribution in [1.82, 2.24) is 9.88 Å². The lowest BCUT2D eigenvalue weighted by Gasteiger charge is -2.15. The topological polar surface area (TPSA) is 57.0 Å². The normalized spacial score (nSPS) is 10.1. The van der Waals surface area contributed by atoms with E-state index < -0.39 is 0 Å². The minimum absolute atomic E-state index is 0.143. The van der Waals surface area contributed by atoms with Gasteiger partial charge in [-0.15, -0.1) is 0 Å². The molecule has 1 rings (SSSR count). The molecule has 0 N–H and O–H groups in total. The van der Waals surface area contributed by atoms with Gasteiger partial charge in [0.25, 0.3) is 5.91 Å². The number of rotatable bonds is 4. The summed E-state index contributed by atoms with van der Waals surface area (Å²) in [7, 11) is 1.68. The van der Waals surface area contributed by atoms with Gasteiger partial charge in [0.15, 0.2) is 0 Å². The molecule has 1 aromatic heterocycles. The van der Waals surface area contributed by atoms with E-state index in [2.05, 4.69) is 18.8 Å². The molecule has 0 spiro atoms. The summed E-state index contributed by atoms with van der Waals surface area (Å²) in [5.74, 6) is 0.263. The third-order valence-electron chi connectivity index (χ3n) is 2.58. The van der Waals surface area contributed by atoms with Crippen LogP contribution in [0.1, 0.15) is 42.2 Å². The lowest BCUT2D eigenvalue weighted by atomic mass is 10.1. The minimum atomic E-state index is -0.143. The SMILES string of the molecule is CC(C)c1ccc(C(=O)N(C)CCC#N)nc1. The summed E-state index contributed by atoms with van der Waals surface area (Å²) in [4.78, 5) is 17.6. The Kier molecular flexibility index (Phi) is 4.65. The predicted octanol–water partition coefficient (Wildman–Crippen LogP) is 2.19. The molecule has 90 valence electrons. The molecule has 4 nitrogen and oxygen atoms in total. The van der Waals surface area contributed by atoms with Gasteiger partial charge in [-0.25, -0.2) is 0 Å². The first-order chi connectivity index (χ1) is 8.06. The van der Waals surface area contributed by atoms with Crippen LogP contribution in [0.15, 0.2) is 18.3 Å². The summed E-state index contributed by atoms with van der Waals surface area (Å²) >= 11 is 0. The third-order valence-corrected chi connectivity index (χ3v) is 2.58. The fourth-order valence-electron chi connectivity index (χ4n) is 1.39. The molecule has 0 radical (unpaired) electrons. The summed E-state index contributed by atoms with van der Waals surface area (Å²) in [6.07, 6.45) is 2.07. The number of carbonyl (C=O) groups excluding carboxylic acids is 1. The first kappa shape index (κ1) is 13.2. The van der Waals surface area contributed by atoms with Gasteiger partial charge in [0, 0.05) is 19.8 Å². The van der Waals surface area contributed by atoms with Crippen LogP contribution in [-0.4, -0.2) is 29.4 Å². The number of nitrogens with zero attached hydrogens (tertiary/aromatic N) is 3. The number of pyridine rings is 1. The fourth-order valence-corrected chi connectivity index (χ4v) is 1.39. The maximum atomic E-state index is 11.9. The molecule has 0 saturated carbocycles. The zero-order chi connectivity index (χ0) is 12.8. The van der Waals surface area contributed by atoms with E-state index in [0.29, 0.717) is 24.6 Å². The molecular formula is C13H17N3O. The van der Waals surface area contributed by atoms with Crippen LogP contribution in [0.5, 0.6) is 0 Å². The Balaban J connectivity index is 2.73. The molecule has 0 unspecified atom stereocenters. The van der Waals surface area contributed by atoms with Gasteiger partial charge >= 0.3 is 0 Å². The highest BCUT2D eigenvalue weighted by Crippen LogP contribution is 2.13. The maximum absolute atomic E-state index is 11.9. The van der Waals surface area contributed by atoms with Crippen molar-refractivity contribution in [3.05, 3.63) is 29.6 Å². The van der Waals surface area contributed by atoms with Gasteiger partial charge in [-0.3, -0.25) is 9.78 Å². The monoisotopic (exact) mass is 231 g/mol. The maximum Gasteiger partial charge on any atom is 0.272 e. The smallest absolute Gasteiger partial charge is 0.272 e. The summed E-state index contributed by atoms with van der Waals surface area (Å²) < 4.78 is 0. The number of hydrogen-bond donors (Lipinski definition) is 0. The van der Waals surface area contributed by atoms with Crippen LogP contribution in [0.2, 0.25) is 0 Å². The predicted molar refractivity (Wildman–Crippen MR) is 65.5 cm³/mol. The molecule has 0 atom stereocenters. The summed E-state index contributed by atoms with van der Waals surface area (Å²) in [6.45, 7) is 4.60. The molecule has 17 heavy (non-hydrogen) atoms. The quantitative estimate of drug-likeness (QED) is 0.798. The molecule has 0 aromatic carbocycles. The van der Waals surface area contributed by atoms with E-state index in [4.69, 9.17) is 5.26 Å². The van der Waals surface area contributed by atoms with E-state index in [1.807, 2.05) is 12.1 Å². The second-order valence-electron chi connectivity index (χ2n) is 4.27. The Morgan fingerprint density at radius 1 is 1.53 bits per heavy atom. The van der Waals surface area contributed by atoms with Crippen LogP contribution in [0, 0.1) is 11.3 Å². The fraction of sp³-hybridized carbons (Fsp3) is 0.462. The number of aromatic nitrogens is 1. The average Bonchev–Trinajstić information content (AvgIpc) is 2.35.